The highest BCUT2D eigenvalue weighted by molar-refractivity contribution is 7.91. The summed E-state index contributed by atoms with van der Waals surface area (Å²) in [4.78, 5) is 19.0. The second kappa shape index (κ2) is 8.53. The maximum absolute atomic E-state index is 12.8. The normalized spacial score (nSPS) is 15.6. The third-order valence-electron chi connectivity index (χ3n) is 4.68. The maximum atomic E-state index is 12.8. The first-order valence-electron chi connectivity index (χ1n) is 8.99. The summed E-state index contributed by atoms with van der Waals surface area (Å²) in [5.41, 5.74) is 1.33. The first-order chi connectivity index (χ1) is 13.9. The molecule has 0 atom stereocenters. The van der Waals surface area contributed by atoms with Gasteiger partial charge in [0.15, 0.2) is 0 Å². The van der Waals surface area contributed by atoms with Crippen molar-refractivity contribution < 1.29 is 13.2 Å². The number of sulfonamides is 1. The molecule has 0 radical (unpaired) electrons. The van der Waals surface area contributed by atoms with Gasteiger partial charge in [0, 0.05) is 35.1 Å². The molecule has 1 amide bonds. The molecular formula is C19H18ClN3O3S3. The third-order valence-corrected chi connectivity index (χ3v) is 8.74. The van der Waals surface area contributed by atoms with Crippen LogP contribution in [0.1, 0.15) is 23.3 Å². The third kappa shape index (κ3) is 4.70. The second-order valence-corrected chi connectivity index (χ2v) is 10.8. The number of thiazole rings is 1. The fraction of sp³-hybridized carbons (Fsp3) is 0.263. The lowest BCUT2D eigenvalue weighted by Crippen LogP contribution is -2.46. The van der Waals surface area contributed by atoms with Crippen molar-refractivity contribution in [2.45, 2.75) is 23.1 Å². The minimum Gasteiger partial charge on any atom is -0.337 e. The molecule has 0 spiro atoms. The molecule has 2 aromatic heterocycles. The number of nitrogens with one attached hydrogen (secondary N) is 1. The molecule has 0 saturated carbocycles. The van der Waals surface area contributed by atoms with E-state index in [4.69, 9.17) is 11.6 Å². The highest BCUT2D eigenvalue weighted by atomic mass is 35.5. The number of amides is 1. The highest BCUT2D eigenvalue weighted by Crippen LogP contribution is 2.26. The molecular weight excluding hydrogens is 450 g/mol. The molecule has 1 N–H and O–H groups in total. The number of halogens is 1. The van der Waals surface area contributed by atoms with Crippen molar-refractivity contribution in [2.24, 2.45) is 0 Å². The fourth-order valence-electron chi connectivity index (χ4n) is 3.15. The molecule has 3 aromatic rings. The summed E-state index contributed by atoms with van der Waals surface area (Å²) in [6.45, 7) is 0.981. The molecule has 29 heavy (non-hydrogen) atoms. The topological polar surface area (TPSA) is 79.4 Å². The van der Waals surface area contributed by atoms with Gasteiger partial charge in [0.1, 0.15) is 14.9 Å². The quantitative estimate of drug-likeness (QED) is 0.612. The van der Waals surface area contributed by atoms with Crippen molar-refractivity contribution in [1.29, 1.82) is 0 Å². The van der Waals surface area contributed by atoms with E-state index in [1.165, 1.54) is 22.7 Å². The number of carbonyl (C=O) groups excluding carboxylic acids is 1. The Bertz CT molecular complexity index is 1090. The van der Waals surface area contributed by atoms with E-state index in [0.29, 0.717) is 40.9 Å². The standard InChI is InChI=1S/C19H18ClN3O3S3/c20-14-5-3-13(4-6-14)18-21-16(12-28-18)19(24)23-9-7-15(8-10-23)22-29(25,26)17-2-1-11-27-17/h1-6,11-12,15,22H,7-10H2. The molecule has 1 aliphatic rings. The van der Waals surface area contributed by atoms with Crippen molar-refractivity contribution in [3.8, 4) is 10.6 Å². The van der Waals surface area contributed by atoms with E-state index in [1.54, 1.807) is 39.9 Å². The van der Waals surface area contributed by atoms with Crippen LogP contribution >= 0.6 is 34.3 Å². The van der Waals surface area contributed by atoms with Crippen molar-refractivity contribution in [1.82, 2.24) is 14.6 Å². The number of benzene rings is 1. The summed E-state index contributed by atoms with van der Waals surface area (Å²) in [5, 5.41) is 4.92. The van der Waals surface area contributed by atoms with E-state index in [1.807, 2.05) is 12.1 Å². The van der Waals surface area contributed by atoms with Crippen LogP contribution in [0.5, 0.6) is 0 Å². The van der Waals surface area contributed by atoms with E-state index >= 15 is 0 Å². The highest BCUT2D eigenvalue weighted by Gasteiger charge is 2.28. The summed E-state index contributed by atoms with van der Waals surface area (Å²) in [7, 11) is -3.49. The van der Waals surface area contributed by atoms with Crippen LogP contribution in [0.3, 0.4) is 0 Å². The molecule has 1 saturated heterocycles. The minimum absolute atomic E-state index is 0.124. The van der Waals surface area contributed by atoms with Crippen molar-refractivity contribution >= 4 is 50.2 Å². The van der Waals surface area contributed by atoms with E-state index < -0.39 is 10.0 Å². The molecule has 4 rings (SSSR count). The lowest BCUT2D eigenvalue weighted by Gasteiger charge is -2.31. The Morgan fingerprint density at radius 3 is 2.52 bits per heavy atom. The van der Waals surface area contributed by atoms with Crippen LogP contribution in [0.4, 0.5) is 0 Å². The van der Waals surface area contributed by atoms with Crippen molar-refractivity contribution in [3.05, 3.63) is 57.9 Å². The zero-order chi connectivity index (χ0) is 20.4. The number of hydrogen-bond acceptors (Lipinski definition) is 6. The lowest BCUT2D eigenvalue weighted by atomic mass is 10.1. The molecule has 1 fully saturated rings. The summed E-state index contributed by atoms with van der Waals surface area (Å²) in [6, 6.07) is 10.5. The second-order valence-electron chi connectivity index (χ2n) is 6.66. The monoisotopic (exact) mass is 467 g/mol. The van der Waals surface area contributed by atoms with Crippen molar-refractivity contribution in [3.63, 3.8) is 0 Å². The number of piperidine rings is 1. The number of nitrogens with zero attached hydrogens (tertiary/aromatic N) is 2. The Balaban J connectivity index is 1.36. The SMILES string of the molecule is O=C(c1csc(-c2ccc(Cl)cc2)n1)N1CCC(NS(=O)(=O)c2cccs2)CC1. The molecule has 3 heterocycles. The van der Waals surface area contributed by atoms with Crippen LogP contribution in [-0.2, 0) is 10.0 Å². The van der Waals surface area contributed by atoms with Crippen LogP contribution in [-0.4, -0.2) is 43.3 Å². The number of aromatic nitrogens is 1. The fourth-order valence-corrected chi connectivity index (χ4v) is 6.39. The van der Waals surface area contributed by atoms with Gasteiger partial charge in [-0.3, -0.25) is 4.79 Å². The molecule has 152 valence electrons. The Morgan fingerprint density at radius 1 is 1.14 bits per heavy atom. The lowest BCUT2D eigenvalue weighted by molar-refractivity contribution is 0.0706. The van der Waals surface area contributed by atoms with Gasteiger partial charge in [-0.15, -0.1) is 22.7 Å². The first kappa shape index (κ1) is 20.5. The molecule has 1 aliphatic heterocycles. The Kier molecular flexibility index (Phi) is 6.03. The Hall–Kier alpha value is -1.78. The van der Waals surface area contributed by atoms with Gasteiger partial charge in [0.05, 0.1) is 0 Å². The van der Waals surface area contributed by atoms with E-state index in [9.17, 15) is 13.2 Å². The molecule has 0 bridgehead atoms. The molecule has 6 nitrogen and oxygen atoms in total. The van der Waals surface area contributed by atoms with Crippen molar-refractivity contribution in [2.75, 3.05) is 13.1 Å². The van der Waals surface area contributed by atoms with Gasteiger partial charge in [-0.2, -0.15) is 0 Å². The molecule has 0 unspecified atom stereocenters. The van der Waals surface area contributed by atoms with Gasteiger partial charge in [-0.25, -0.2) is 18.1 Å². The van der Waals surface area contributed by atoms with E-state index in [0.717, 1.165) is 10.6 Å². The van der Waals surface area contributed by atoms with Crippen LogP contribution < -0.4 is 4.72 Å². The van der Waals surface area contributed by atoms with Crippen LogP contribution in [0.15, 0.2) is 51.4 Å². The van der Waals surface area contributed by atoms with Gasteiger partial charge in [0.25, 0.3) is 5.91 Å². The van der Waals surface area contributed by atoms with E-state index in [-0.39, 0.29) is 11.9 Å². The molecule has 0 aliphatic carbocycles. The predicted molar refractivity (Wildman–Crippen MR) is 116 cm³/mol. The van der Waals surface area contributed by atoms with Gasteiger partial charge in [-0.1, -0.05) is 29.8 Å². The van der Waals surface area contributed by atoms with Gasteiger partial charge < -0.3 is 4.90 Å². The average molecular weight is 468 g/mol. The summed E-state index contributed by atoms with van der Waals surface area (Å²) < 4.78 is 27.8. The number of likely N-dealkylation sites (tertiary alicyclic amines) is 1. The smallest absolute Gasteiger partial charge is 0.273 e. The van der Waals surface area contributed by atoms with Gasteiger partial charge >= 0.3 is 0 Å². The average Bonchev–Trinajstić information content (AvgIpc) is 3.41. The maximum Gasteiger partial charge on any atom is 0.273 e. The number of carbonyl (C=O) groups is 1. The zero-order valence-corrected chi connectivity index (χ0v) is 18.5. The zero-order valence-electron chi connectivity index (χ0n) is 15.2. The Labute approximate surface area is 182 Å². The number of thiophene rings is 1. The van der Waals surface area contributed by atoms with Gasteiger partial charge in [0.2, 0.25) is 10.0 Å². The molecule has 1 aromatic carbocycles. The summed E-state index contributed by atoms with van der Waals surface area (Å²) in [5.74, 6) is -0.124. The van der Waals surface area contributed by atoms with Crippen LogP contribution in [0.25, 0.3) is 10.6 Å². The summed E-state index contributed by atoms with van der Waals surface area (Å²) in [6.07, 6.45) is 1.15. The number of rotatable bonds is 5. The molecule has 10 heteroatoms. The van der Waals surface area contributed by atoms with Gasteiger partial charge in [-0.05, 0) is 36.4 Å². The van der Waals surface area contributed by atoms with Crippen LogP contribution in [0, 0.1) is 0 Å². The first-order valence-corrected chi connectivity index (χ1v) is 12.6. The minimum atomic E-state index is -3.49. The predicted octanol–water partition coefficient (Wildman–Crippen LogP) is 4.11. The largest absolute Gasteiger partial charge is 0.337 e. The Morgan fingerprint density at radius 2 is 1.86 bits per heavy atom. The number of hydrogen-bond donors (Lipinski definition) is 1. The summed E-state index contributed by atoms with van der Waals surface area (Å²) >= 11 is 8.53. The van der Waals surface area contributed by atoms with Crippen LogP contribution in [0.2, 0.25) is 5.02 Å². The van der Waals surface area contributed by atoms with E-state index in [2.05, 4.69) is 9.71 Å².